The largest absolute Gasteiger partial charge is 0.486 e. The van der Waals surface area contributed by atoms with E-state index in [1.807, 2.05) is 0 Å². The van der Waals surface area contributed by atoms with Crippen molar-refractivity contribution in [2.45, 2.75) is 13.2 Å². The summed E-state index contributed by atoms with van der Waals surface area (Å²) >= 11 is 21.8. The molecule has 1 aliphatic heterocycles. The van der Waals surface area contributed by atoms with Crippen LogP contribution in [-0.2, 0) is 17.9 Å². The van der Waals surface area contributed by atoms with Crippen molar-refractivity contribution in [1.82, 2.24) is 10.2 Å². The monoisotopic (exact) mass is 582 g/mol. The third kappa shape index (κ3) is 5.55. The van der Waals surface area contributed by atoms with Crippen molar-refractivity contribution in [3.8, 4) is 5.75 Å². The third-order valence-corrected chi connectivity index (χ3v) is 6.52. The minimum atomic E-state index is -0.563. The summed E-state index contributed by atoms with van der Waals surface area (Å²) in [4.78, 5) is 26.1. The van der Waals surface area contributed by atoms with Gasteiger partial charge in [-0.05, 0) is 75.1 Å². The number of amides is 3. The van der Waals surface area contributed by atoms with Crippen LogP contribution in [0.15, 0.2) is 64.8 Å². The number of imide groups is 1. The summed E-state index contributed by atoms with van der Waals surface area (Å²) in [6.45, 7) is 0.233. The minimum Gasteiger partial charge on any atom is -0.486 e. The average Bonchev–Trinajstić information content (AvgIpc) is 3.04. The van der Waals surface area contributed by atoms with Crippen molar-refractivity contribution in [2.75, 3.05) is 0 Å². The van der Waals surface area contributed by atoms with Gasteiger partial charge in [0.25, 0.3) is 5.91 Å². The second kappa shape index (κ2) is 10.4. The fourth-order valence-electron chi connectivity index (χ4n) is 3.24. The molecule has 1 fully saturated rings. The number of nitrogens with zero attached hydrogens (tertiary/aromatic N) is 1. The first-order valence-corrected chi connectivity index (χ1v) is 11.8. The number of urea groups is 1. The van der Waals surface area contributed by atoms with Gasteiger partial charge in [-0.1, -0.05) is 53.0 Å². The van der Waals surface area contributed by atoms with E-state index in [1.165, 1.54) is 30.3 Å². The first-order chi connectivity index (χ1) is 16.2. The molecule has 0 spiro atoms. The normalized spacial score (nSPS) is 14.6. The molecule has 4 rings (SSSR count). The van der Waals surface area contributed by atoms with Gasteiger partial charge in [0, 0.05) is 0 Å². The van der Waals surface area contributed by atoms with Crippen molar-refractivity contribution in [3.63, 3.8) is 0 Å². The molecule has 0 radical (unpaired) electrons. The minimum absolute atomic E-state index is 0.0221. The van der Waals surface area contributed by atoms with Crippen molar-refractivity contribution in [3.05, 3.63) is 102 Å². The molecule has 0 atom stereocenters. The van der Waals surface area contributed by atoms with Gasteiger partial charge in [0.05, 0.1) is 26.1 Å². The molecule has 0 saturated carbocycles. The van der Waals surface area contributed by atoms with Gasteiger partial charge < -0.3 is 10.1 Å². The molecule has 3 amide bonds. The number of carbonyl (C=O) groups is 2. The molecule has 0 aromatic heterocycles. The second-order valence-corrected chi connectivity index (χ2v) is 9.43. The Morgan fingerprint density at radius 3 is 2.32 bits per heavy atom. The van der Waals surface area contributed by atoms with Crippen molar-refractivity contribution in [2.24, 2.45) is 0 Å². The highest BCUT2D eigenvalue weighted by Crippen LogP contribution is 2.36. The lowest BCUT2D eigenvalue weighted by Gasteiger charge is -2.12. The molecule has 1 N–H and O–H groups in total. The van der Waals surface area contributed by atoms with E-state index in [0.717, 1.165) is 10.5 Å². The number of carbonyl (C=O) groups excluding carboxylic acids is 2. The lowest BCUT2D eigenvalue weighted by atomic mass is 10.1. The maximum absolute atomic E-state index is 13.1. The average molecular weight is 585 g/mol. The molecule has 34 heavy (non-hydrogen) atoms. The van der Waals surface area contributed by atoms with Gasteiger partial charge in [0.2, 0.25) is 0 Å². The smallest absolute Gasteiger partial charge is 0.329 e. The third-order valence-electron chi connectivity index (χ3n) is 4.92. The van der Waals surface area contributed by atoms with Crippen LogP contribution in [0.4, 0.5) is 9.18 Å². The van der Waals surface area contributed by atoms with Gasteiger partial charge in [-0.25, -0.2) is 9.18 Å². The Balaban J connectivity index is 1.49. The molecule has 1 heterocycles. The number of nitrogens with one attached hydrogen (secondary N) is 1. The quantitative estimate of drug-likeness (QED) is 0.246. The van der Waals surface area contributed by atoms with E-state index < -0.39 is 17.8 Å². The zero-order chi connectivity index (χ0) is 24.4. The van der Waals surface area contributed by atoms with Crippen LogP contribution in [0.1, 0.15) is 16.7 Å². The van der Waals surface area contributed by atoms with Gasteiger partial charge in [-0.15, -0.1) is 0 Å². The van der Waals surface area contributed by atoms with E-state index in [4.69, 9.17) is 39.5 Å². The van der Waals surface area contributed by atoms with Crippen LogP contribution in [-0.4, -0.2) is 16.8 Å². The number of ether oxygens (including phenoxy) is 1. The van der Waals surface area contributed by atoms with Crippen molar-refractivity contribution >= 4 is 68.7 Å². The lowest BCUT2D eigenvalue weighted by Crippen LogP contribution is -2.30. The highest BCUT2D eigenvalue weighted by Gasteiger charge is 2.33. The predicted molar refractivity (Wildman–Crippen MR) is 133 cm³/mol. The Bertz CT molecular complexity index is 1290. The Morgan fingerprint density at radius 1 is 0.941 bits per heavy atom. The Hall–Kier alpha value is -2.58. The van der Waals surface area contributed by atoms with Crippen LogP contribution < -0.4 is 10.1 Å². The fourth-order valence-corrected chi connectivity index (χ4v) is 4.55. The molecule has 0 unspecified atom stereocenters. The zero-order valence-electron chi connectivity index (χ0n) is 17.2. The van der Waals surface area contributed by atoms with Crippen molar-refractivity contribution < 1.29 is 18.7 Å². The van der Waals surface area contributed by atoms with Gasteiger partial charge in [0.1, 0.15) is 18.1 Å². The Morgan fingerprint density at radius 2 is 1.65 bits per heavy atom. The number of halogens is 5. The van der Waals surface area contributed by atoms with Gasteiger partial charge in [-0.3, -0.25) is 9.69 Å². The molecule has 1 aliphatic rings. The lowest BCUT2D eigenvalue weighted by molar-refractivity contribution is -0.123. The molecule has 174 valence electrons. The number of hydrogen-bond donors (Lipinski definition) is 1. The Labute approximate surface area is 218 Å². The highest BCUT2D eigenvalue weighted by molar-refractivity contribution is 9.10. The first kappa shape index (κ1) is 24.5. The molecular weight excluding hydrogens is 570 g/mol. The van der Waals surface area contributed by atoms with E-state index >= 15 is 0 Å². The topological polar surface area (TPSA) is 58.6 Å². The van der Waals surface area contributed by atoms with E-state index in [0.29, 0.717) is 36.4 Å². The summed E-state index contributed by atoms with van der Waals surface area (Å²) < 4.78 is 19.5. The zero-order valence-corrected chi connectivity index (χ0v) is 21.1. The summed E-state index contributed by atoms with van der Waals surface area (Å²) in [6.07, 6.45) is 1.52. The second-order valence-electron chi connectivity index (χ2n) is 7.36. The molecule has 5 nitrogen and oxygen atoms in total. The number of rotatable bonds is 6. The number of benzene rings is 3. The molecule has 3 aromatic rings. The van der Waals surface area contributed by atoms with E-state index in [-0.39, 0.29) is 18.8 Å². The summed E-state index contributed by atoms with van der Waals surface area (Å²) in [7, 11) is 0. The van der Waals surface area contributed by atoms with Gasteiger partial charge >= 0.3 is 6.03 Å². The van der Waals surface area contributed by atoms with Gasteiger partial charge in [0.15, 0.2) is 5.75 Å². The van der Waals surface area contributed by atoms with E-state index in [2.05, 4.69) is 21.2 Å². The molecular formula is C24H15BrCl3FN2O3. The molecule has 0 aliphatic carbocycles. The van der Waals surface area contributed by atoms with Crippen LogP contribution in [0.3, 0.4) is 0 Å². The summed E-state index contributed by atoms with van der Waals surface area (Å²) in [5.74, 6) is -0.482. The van der Waals surface area contributed by atoms with E-state index in [1.54, 1.807) is 30.3 Å². The maximum atomic E-state index is 13.1. The fraction of sp³-hybridized carbons (Fsp3) is 0.0833. The summed E-state index contributed by atoms with van der Waals surface area (Å²) in [6, 6.07) is 13.5. The van der Waals surface area contributed by atoms with E-state index in [9.17, 15) is 14.0 Å². The summed E-state index contributed by atoms with van der Waals surface area (Å²) in [5, 5.41) is 3.74. The van der Waals surface area contributed by atoms with Crippen LogP contribution >= 0.6 is 50.7 Å². The molecule has 10 heteroatoms. The summed E-state index contributed by atoms with van der Waals surface area (Å²) in [5.41, 5.74) is 2.11. The van der Waals surface area contributed by atoms with Crippen LogP contribution in [0.5, 0.6) is 5.75 Å². The standard InChI is InChI=1S/C24H15BrCl3FN2O3/c25-17-7-15(9-20(28)22(17)34-12-14-3-6-18(26)19(27)8-14)10-21-23(32)31(24(33)30-21)11-13-1-4-16(29)5-2-13/h1-10H,11-12H2,(H,30,33)/b21-10+. The SMILES string of the molecule is O=C1N/C(=C/c2cc(Cl)c(OCc3ccc(Cl)c(Cl)c3)c(Br)c2)C(=O)N1Cc1ccc(F)cc1. The molecule has 1 saturated heterocycles. The van der Waals surface area contributed by atoms with Crippen LogP contribution in [0.2, 0.25) is 15.1 Å². The maximum Gasteiger partial charge on any atom is 0.329 e. The van der Waals surface area contributed by atoms with Crippen molar-refractivity contribution in [1.29, 1.82) is 0 Å². The van der Waals surface area contributed by atoms with Crippen LogP contribution in [0, 0.1) is 5.82 Å². The Kier molecular flexibility index (Phi) is 7.48. The van der Waals surface area contributed by atoms with Gasteiger partial charge in [-0.2, -0.15) is 0 Å². The predicted octanol–water partition coefficient (Wildman–Crippen LogP) is 7.22. The highest BCUT2D eigenvalue weighted by atomic mass is 79.9. The van der Waals surface area contributed by atoms with Crippen LogP contribution in [0.25, 0.3) is 6.08 Å². The number of hydrogen-bond acceptors (Lipinski definition) is 3. The molecule has 0 bridgehead atoms. The first-order valence-electron chi connectivity index (χ1n) is 9.86. The molecule has 3 aromatic carbocycles.